The van der Waals surface area contributed by atoms with Gasteiger partial charge in [-0.3, -0.25) is 4.98 Å². The molecule has 2 aromatic rings. The molecule has 0 bridgehead atoms. The molecule has 5 nitrogen and oxygen atoms in total. The number of hydrogen-bond donors (Lipinski definition) is 2. The van der Waals surface area contributed by atoms with Crippen molar-refractivity contribution in [2.75, 3.05) is 5.75 Å². The number of sulfonamides is 1. The van der Waals surface area contributed by atoms with Crippen molar-refractivity contribution in [1.29, 1.82) is 0 Å². The van der Waals surface area contributed by atoms with Gasteiger partial charge in [0.2, 0.25) is 10.0 Å². The number of aliphatic hydroxyl groups excluding tert-OH is 1. The Labute approximate surface area is 143 Å². The number of para-hydroxylation sites is 1. The van der Waals surface area contributed by atoms with E-state index in [1.807, 2.05) is 37.3 Å². The lowest BCUT2D eigenvalue weighted by Crippen LogP contribution is -2.42. The van der Waals surface area contributed by atoms with Gasteiger partial charge in [0, 0.05) is 11.6 Å². The largest absolute Gasteiger partial charge is 0.393 e. The molecule has 1 unspecified atom stereocenters. The summed E-state index contributed by atoms with van der Waals surface area (Å²) < 4.78 is 27.6. The number of aliphatic hydroxyl groups is 1. The van der Waals surface area contributed by atoms with Gasteiger partial charge in [-0.2, -0.15) is 0 Å². The summed E-state index contributed by atoms with van der Waals surface area (Å²) in [6.07, 6.45) is 4.14. The molecular weight excluding hydrogens is 324 g/mol. The minimum atomic E-state index is -3.34. The Morgan fingerprint density at radius 1 is 1.33 bits per heavy atom. The molecule has 3 rings (SSSR count). The van der Waals surface area contributed by atoms with E-state index >= 15 is 0 Å². The Bertz CT molecular complexity index is 801. The van der Waals surface area contributed by atoms with Crippen LogP contribution >= 0.6 is 0 Å². The lowest BCUT2D eigenvalue weighted by atomic mass is 9.75. The number of fused-ring (bicyclic) bond motifs is 1. The zero-order chi connectivity index (χ0) is 17.2. The predicted molar refractivity (Wildman–Crippen MR) is 95.0 cm³/mol. The highest BCUT2D eigenvalue weighted by atomic mass is 32.2. The van der Waals surface area contributed by atoms with Gasteiger partial charge in [-0.1, -0.05) is 31.5 Å². The molecule has 130 valence electrons. The smallest absolute Gasteiger partial charge is 0.212 e. The van der Waals surface area contributed by atoms with Crippen molar-refractivity contribution in [3.8, 4) is 0 Å². The minimum Gasteiger partial charge on any atom is -0.393 e. The zero-order valence-electron chi connectivity index (χ0n) is 13.9. The number of rotatable bonds is 7. The Morgan fingerprint density at radius 3 is 2.79 bits per heavy atom. The van der Waals surface area contributed by atoms with Gasteiger partial charge in [0.15, 0.2) is 0 Å². The second kappa shape index (κ2) is 7.17. The summed E-state index contributed by atoms with van der Waals surface area (Å²) in [5.41, 5.74) is 1.76. The quantitative estimate of drug-likeness (QED) is 0.806. The van der Waals surface area contributed by atoms with E-state index in [1.165, 1.54) is 0 Å². The van der Waals surface area contributed by atoms with Crippen molar-refractivity contribution < 1.29 is 13.5 Å². The molecule has 0 amide bonds. The fraction of sp³-hybridized carbons (Fsp3) is 0.500. The van der Waals surface area contributed by atoms with E-state index in [9.17, 15) is 13.5 Å². The SMILES string of the molecule is CCCCS(=O)(=O)NC(c1cnc2ccccc2c1)C1CC(O)C1. The Kier molecular flexibility index (Phi) is 5.18. The molecule has 1 fully saturated rings. The molecule has 2 N–H and O–H groups in total. The molecule has 1 atom stereocenters. The van der Waals surface area contributed by atoms with Gasteiger partial charge in [-0.05, 0) is 42.9 Å². The van der Waals surface area contributed by atoms with Crippen molar-refractivity contribution in [2.24, 2.45) is 5.92 Å². The number of benzene rings is 1. The number of unbranched alkanes of at least 4 members (excludes halogenated alkanes) is 1. The molecular formula is C18H24N2O3S. The topological polar surface area (TPSA) is 79.3 Å². The van der Waals surface area contributed by atoms with Crippen LogP contribution < -0.4 is 4.72 Å². The molecule has 0 aliphatic heterocycles. The van der Waals surface area contributed by atoms with Crippen molar-refractivity contribution in [2.45, 2.75) is 44.8 Å². The standard InChI is InChI=1S/C18H24N2O3S/c1-2-3-8-24(22,23)20-18(14-10-16(21)11-14)15-9-13-6-4-5-7-17(13)19-12-15/h4-7,9,12,14,16,18,20-21H,2-3,8,10-11H2,1H3. The van der Waals surface area contributed by atoms with E-state index in [0.717, 1.165) is 22.9 Å². The van der Waals surface area contributed by atoms with E-state index in [4.69, 9.17) is 0 Å². The van der Waals surface area contributed by atoms with Gasteiger partial charge in [0.05, 0.1) is 23.4 Å². The first-order chi connectivity index (χ1) is 11.5. The van der Waals surface area contributed by atoms with E-state index in [1.54, 1.807) is 6.20 Å². The summed E-state index contributed by atoms with van der Waals surface area (Å²) in [5, 5.41) is 10.6. The van der Waals surface area contributed by atoms with E-state index in [-0.39, 0.29) is 23.8 Å². The van der Waals surface area contributed by atoms with Crippen molar-refractivity contribution in [1.82, 2.24) is 9.71 Å². The molecule has 1 aromatic carbocycles. The van der Waals surface area contributed by atoms with E-state index < -0.39 is 10.0 Å². The molecule has 6 heteroatoms. The van der Waals surface area contributed by atoms with Crippen molar-refractivity contribution in [3.63, 3.8) is 0 Å². The predicted octanol–water partition coefficient (Wildman–Crippen LogP) is 2.77. The molecule has 0 spiro atoms. The number of pyridine rings is 1. The van der Waals surface area contributed by atoms with Gasteiger partial charge in [-0.15, -0.1) is 0 Å². The summed E-state index contributed by atoms with van der Waals surface area (Å²) in [6.45, 7) is 1.97. The maximum Gasteiger partial charge on any atom is 0.212 e. The van der Waals surface area contributed by atoms with Crippen LogP contribution in [0.5, 0.6) is 0 Å². The summed E-state index contributed by atoms with van der Waals surface area (Å²) in [6, 6.07) is 9.47. The van der Waals surface area contributed by atoms with Crippen LogP contribution in [0.15, 0.2) is 36.5 Å². The third-order valence-electron chi connectivity index (χ3n) is 4.66. The third kappa shape index (κ3) is 3.94. The average molecular weight is 348 g/mol. The van der Waals surface area contributed by atoms with Gasteiger partial charge in [0.25, 0.3) is 0 Å². The molecule has 1 aliphatic rings. The van der Waals surface area contributed by atoms with Crippen LogP contribution in [-0.2, 0) is 10.0 Å². The van der Waals surface area contributed by atoms with Crippen LogP contribution in [-0.4, -0.2) is 30.4 Å². The lowest BCUT2D eigenvalue weighted by molar-refractivity contribution is 0.0280. The highest BCUT2D eigenvalue weighted by Crippen LogP contribution is 2.38. The van der Waals surface area contributed by atoms with Crippen LogP contribution in [0, 0.1) is 5.92 Å². The highest BCUT2D eigenvalue weighted by molar-refractivity contribution is 7.89. The Morgan fingerprint density at radius 2 is 2.08 bits per heavy atom. The second-order valence-electron chi connectivity index (χ2n) is 6.61. The third-order valence-corrected chi connectivity index (χ3v) is 6.10. The Hall–Kier alpha value is -1.50. The molecule has 1 saturated carbocycles. The van der Waals surface area contributed by atoms with E-state index in [0.29, 0.717) is 19.3 Å². The van der Waals surface area contributed by atoms with Gasteiger partial charge in [-0.25, -0.2) is 13.1 Å². The number of aromatic nitrogens is 1. The monoisotopic (exact) mass is 348 g/mol. The molecule has 1 aromatic heterocycles. The fourth-order valence-corrected chi connectivity index (χ4v) is 4.69. The van der Waals surface area contributed by atoms with Crippen LogP contribution in [0.2, 0.25) is 0 Å². The number of nitrogens with zero attached hydrogens (tertiary/aromatic N) is 1. The van der Waals surface area contributed by atoms with Crippen molar-refractivity contribution >= 4 is 20.9 Å². The van der Waals surface area contributed by atoms with Crippen molar-refractivity contribution in [3.05, 3.63) is 42.1 Å². The molecule has 1 aliphatic carbocycles. The Balaban J connectivity index is 1.88. The normalized spacial score (nSPS) is 22.2. The summed E-state index contributed by atoms with van der Waals surface area (Å²) in [5.74, 6) is 0.246. The van der Waals surface area contributed by atoms with Gasteiger partial charge in [0.1, 0.15) is 0 Å². The first kappa shape index (κ1) is 17.3. The molecule has 0 saturated heterocycles. The molecule has 1 heterocycles. The lowest BCUT2D eigenvalue weighted by Gasteiger charge is -2.38. The van der Waals surface area contributed by atoms with Gasteiger partial charge < -0.3 is 5.11 Å². The highest BCUT2D eigenvalue weighted by Gasteiger charge is 2.37. The van der Waals surface area contributed by atoms with Gasteiger partial charge >= 0.3 is 0 Å². The maximum absolute atomic E-state index is 12.4. The average Bonchev–Trinajstić information content (AvgIpc) is 2.55. The van der Waals surface area contributed by atoms with Crippen LogP contribution in [0.25, 0.3) is 10.9 Å². The van der Waals surface area contributed by atoms with Crippen LogP contribution in [0.1, 0.15) is 44.2 Å². The fourth-order valence-electron chi connectivity index (χ4n) is 3.18. The minimum absolute atomic E-state index is 0.111. The van der Waals surface area contributed by atoms with E-state index in [2.05, 4.69) is 9.71 Å². The number of nitrogens with one attached hydrogen (secondary N) is 1. The second-order valence-corrected chi connectivity index (χ2v) is 8.49. The zero-order valence-corrected chi connectivity index (χ0v) is 14.7. The van der Waals surface area contributed by atoms with Crippen LogP contribution in [0.4, 0.5) is 0 Å². The summed E-state index contributed by atoms with van der Waals surface area (Å²) >= 11 is 0. The summed E-state index contributed by atoms with van der Waals surface area (Å²) in [4.78, 5) is 4.46. The first-order valence-electron chi connectivity index (χ1n) is 8.51. The molecule has 0 radical (unpaired) electrons. The first-order valence-corrected chi connectivity index (χ1v) is 10.2. The van der Waals surface area contributed by atoms with Crippen LogP contribution in [0.3, 0.4) is 0 Å². The summed E-state index contributed by atoms with van der Waals surface area (Å²) in [7, 11) is -3.34. The maximum atomic E-state index is 12.4. The number of hydrogen-bond acceptors (Lipinski definition) is 4. The molecule has 24 heavy (non-hydrogen) atoms.